The number of carbonyl (C=O) groups excluding carboxylic acids is 1. The van der Waals surface area contributed by atoms with Crippen LogP contribution in [-0.2, 0) is 6.42 Å². The molecule has 9 nitrogen and oxygen atoms in total. The van der Waals surface area contributed by atoms with Gasteiger partial charge in [0.25, 0.3) is 12.3 Å². The van der Waals surface area contributed by atoms with Gasteiger partial charge in [0.1, 0.15) is 22.7 Å². The van der Waals surface area contributed by atoms with E-state index in [9.17, 15) is 13.6 Å². The molecule has 5 heterocycles. The minimum atomic E-state index is -2.37. The van der Waals surface area contributed by atoms with Crippen molar-refractivity contribution in [2.24, 2.45) is 5.73 Å². The average Bonchev–Trinajstić information content (AvgIpc) is 3.28. The number of pyridine rings is 1. The van der Waals surface area contributed by atoms with Gasteiger partial charge in [-0.15, -0.1) is 0 Å². The third kappa shape index (κ3) is 3.97. The summed E-state index contributed by atoms with van der Waals surface area (Å²) in [5.74, 6) is 0.494. The van der Waals surface area contributed by atoms with E-state index in [2.05, 4.69) is 10.1 Å². The van der Waals surface area contributed by atoms with Gasteiger partial charge in [-0.3, -0.25) is 9.69 Å². The molecule has 0 bridgehead atoms. The van der Waals surface area contributed by atoms with E-state index in [-0.39, 0.29) is 12.1 Å². The quantitative estimate of drug-likeness (QED) is 0.625. The molecule has 0 spiro atoms. The molecule has 3 aromatic rings. The first kappa shape index (κ1) is 21.5. The smallest absolute Gasteiger partial charge is 0.254 e. The van der Waals surface area contributed by atoms with Crippen LogP contribution in [0, 0.1) is 0 Å². The monoisotopic (exact) mass is 457 g/mol. The molecule has 2 aliphatic heterocycles. The zero-order valence-corrected chi connectivity index (χ0v) is 18.5. The van der Waals surface area contributed by atoms with Crippen LogP contribution in [0.4, 0.5) is 14.6 Å². The molecule has 0 radical (unpaired) electrons. The van der Waals surface area contributed by atoms with Crippen molar-refractivity contribution in [3.63, 3.8) is 0 Å². The molecule has 33 heavy (non-hydrogen) atoms. The molecule has 5 rings (SSSR count). The van der Waals surface area contributed by atoms with Crippen LogP contribution in [-0.4, -0.2) is 75.1 Å². The summed E-state index contributed by atoms with van der Waals surface area (Å²) in [6.45, 7) is 5.69. The van der Waals surface area contributed by atoms with Crippen molar-refractivity contribution in [1.82, 2.24) is 24.5 Å². The first-order valence-corrected chi connectivity index (χ1v) is 10.8. The third-order valence-electron chi connectivity index (χ3n) is 6.00. The largest absolute Gasteiger partial charge is 0.471 e. The predicted octanol–water partition coefficient (Wildman–Crippen LogP) is 1.99. The van der Waals surface area contributed by atoms with Gasteiger partial charge < -0.3 is 15.4 Å². The van der Waals surface area contributed by atoms with Crippen LogP contribution >= 0.6 is 0 Å². The van der Waals surface area contributed by atoms with Gasteiger partial charge in [0.15, 0.2) is 5.65 Å². The van der Waals surface area contributed by atoms with E-state index in [4.69, 9.17) is 15.5 Å². The Bertz CT molecular complexity index is 1220. The molecule has 0 atom stereocenters. The maximum absolute atomic E-state index is 12.8. The van der Waals surface area contributed by atoms with Crippen molar-refractivity contribution in [2.75, 3.05) is 37.6 Å². The lowest BCUT2D eigenvalue weighted by molar-refractivity contribution is 0.0853. The highest BCUT2D eigenvalue weighted by Gasteiger charge is 2.35. The fraction of sp³-hybridized carbons (Fsp3) is 0.455. The lowest BCUT2D eigenvalue weighted by Gasteiger charge is -2.36. The first-order chi connectivity index (χ1) is 15.7. The Morgan fingerprint density at radius 3 is 2.73 bits per heavy atom. The van der Waals surface area contributed by atoms with E-state index in [0.29, 0.717) is 61.2 Å². The van der Waals surface area contributed by atoms with Crippen molar-refractivity contribution in [1.29, 1.82) is 0 Å². The molecule has 2 aliphatic rings. The Hall–Kier alpha value is -3.34. The van der Waals surface area contributed by atoms with Gasteiger partial charge in [0, 0.05) is 56.1 Å². The van der Waals surface area contributed by atoms with Crippen LogP contribution in [0.15, 0.2) is 24.5 Å². The lowest BCUT2D eigenvalue weighted by Crippen LogP contribution is -2.48. The van der Waals surface area contributed by atoms with Crippen molar-refractivity contribution < 1.29 is 18.3 Å². The number of piperazine rings is 1. The first-order valence-electron chi connectivity index (χ1n) is 10.8. The molecule has 174 valence electrons. The Kier molecular flexibility index (Phi) is 5.15. The zero-order valence-electron chi connectivity index (χ0n) is 18.5. The lowest BCUT2D eigenvalue weighted by atomic mass is 9.99. The SMILES string of the molecule is CC1(C)Cc2cc(-c3nn4cccnc4c3C(N)=O)c(N3CCN(CC(F)F)CC3)nc2O1. The summed E-state index contributed by atoms with van der Waals surface area (Å²) in [6.07, 6.45) is 1.56. The number of primary amides is 1. The number of hydrogen-bond acceptors (Lipinski definition) is 7. The molecule has 11 heteroatoms. The van der Waals surface area contributed by atoms with Crippen molar-refractivity contribution in [3.05, 3.63) is 35.7 Å². The number of halogens is 2. The summed E-state index contributed by atoms with van der Waals surface area (Å²) in [6, 6.07) is 3.67. The van der Waals surface area contributed by atoms with Crippen molar-refractivity contribution in [2.45, 2.75) is 32.3 Å². The summed E-state index contributed by atoms with van der Waals surface area (Å²) in [7, 11) is 0. The maximum atomic E-state index is 12.8. The zero-order chi connectivity index (χ0) is 23.3. The van der Waals surface area contributed by atoms with Crippen molar-refractivity contribution in [3.8, 4) is 17.1 Å². The van der Waals surface area contributed by atoms with Gasteiger partial charge in [0.2, 0.25) is 5.88 Å². The number of alkyl halides is 2. The van der Waals surface area contributed by atoms with E-state index in [0.717, 1.165) is 5.56 Å². The van der Waals surface area contributed by atoms with Gasteiger partial charge >= 0.3 is 0 Å². The number of nitrogens with two attached hydrogens (primary N) is 1. The molecule has 0 unspecified atom stereocenters. The molecular weight excluding hydrogens is 432 g/mol. The second-order valence-corrected chi connectivity index (χ2v) is 9.02. The van der Waals surface area contributed by atoms with Crippen LogP contribution in [0.2, 0.25) is 0 Å². The molecule has 2 N–H and O–H groups in total. The van der Waals surface area contributed by atoms with Gasteiger partial charge in [0.05, 0.1) is 6.54 Å². The number of amides is 1. The number of fused-ring (bicyclic) bond motifs is 2. The normalized spacial score (nSPS) is 18.0. The molecular formula is C22H25F2N7O2. The second-order valence-electron chi connectivity index (χ2n) is 9.02. The molecule has 1 fully saturated rings. The summed E-state index contributed by atoms with van der Waals surface area (Å²) in [5, 5.41) is 4.61. The topological polar surface area (TPSA) is 102 Å². The van der Waals surface area contributed by atoms with E-state index >= 15 is 0 Å². The summed E-state index contributed by atoms with van der Waals surface area (Å²) in [5.41, 5.74) is 7.87. The van der Waals surface area contributed by atoms with E-state index < -0.39 is 17.9 Å². The van der Waals surface area contributed by atoms with Crippen LogP contribution in [0.25, 0.3) is 16.9 Å². The Labute approximate surface area is 189 Å². The summed E-state index contributed by atoms with van der Waals surface area (Å²) < 4.78 is 33.2. The van der Waals surface area contributed by atoms with E-state index in [1.165, 1.54) is 4.52 Å². The highest BCUT2D eigenvalue weighted by atomic mass is 19.3. The number of carbonyl (C=O) groups is 1. The second kappa shape index (κ2) is 7.91. The van der Waals surface area contributed by atoms with Crippen LogP contribution in [0.3, 0.4) is 0 Å². The molecule has 0 aliphatic carbocycles. The maximum Gasteiger partial charge on any atom is 0.254 e. The minimum absolute atomic E-state index is 0.216. The van der Waals surface area contributed by atoms with Crippen LogP contribution in [0.5, 0.6) is 5.88 Å². The van der Waals surface area contributed by atoms with Gasteiger partial charge in [-0.25, -0.2) is 18.3 Å². The summed E-state index contributed by atoms with van der Waals surface area (Å²) >= 11 is 0. The van der Waals surface area contributed by atoms with Gasteiger partial charge in [-0.1, -0.05) is 0 Å². The number of nitrogens with zero attached hydrogens (tertiary/aromatic N) is 6. The number of anilines is 1. The van der Waals surface area contributed by atoms with E-state index in [1.54, 1.807) is 23.4 Å². The van der Waals surface area contributed by atoms with Gasteiger partial charge in [-0.05, 0) is 26.0 Å². The standard InChI is InChI=1S/C22H25F2N7O2/c1-22(2)11-13-10-14(17-16(18(25)32)20-26-4-3-5-31(20)28-17)19(27-21(13)33-22)30-8-6-29(7-9-30)12-15(23)24/h3-5,10,15H,6-9,11-12H2,1-2H3,(H2,25,32). The average molecular weight is 457 g/mol. The fourth-order valence-corrected chi connectivity index (χ4v) is 4.56. The highest BCUT2D eigenvalue weighted by molar-refractivity contribution is 6.05. The Morgan fingerprint density at radius 2 is 2.03 bits per heavy atom. The Balaban J connectivity index is 1.62. The highest BCUT2D eigenvalue weighted by Crippen LogP contribution is 2.41. The summed E-state index contributed by atoms with van der Waals surface area (Å²) in [4.78, 5) is 25.3. The fourth-order valence-electron chi connectivity index (χ4n) is 4.56. The Morgan fingerprint density at radius 1 is 1.27 bits per heavy atom. The van der Waals surface area contributed by atoms with Crippen LogP contribution in [0.1, 0.15) is 29.8 Å². The number of ether oxygens (including phenoxy) is 1. The van der Waals surface area contributed by atoms with Gasteiger partial charge in [-0.2, -0.15) is 10.1 Å². The van der Waals surface area contributed by atoms with Crippen LogP contribution < -0.4 is 15.4 Å². The molecule has 0 aromatic carbocycles. The molecule has 0 saturated carbocycles. The minimum Gasteiger partial charge on any atom is -0.471 e. The predicted molar refractivity (Wildman–Crippen MR) is 118 cm³/mol. The molecule has 1 amide bonds. The third-order valence-corrected chi connectivity index (χ3v) is 6.00. The molecule has 3 aromatic heterocycles. The number of rotatable bonds is 5. The number of aromatic nitrogens is 4. The molecule has 1 saturated heterocycles. The van der Waals surface area contributed by atoms with E-state index in [1.807, 2.05) is 24.8 Å². The number of hydrogen-bond donors (Lipinski definition) is 1. The van der Waals surface area contributed by atoms with Crippen molar-refractivity contribution >= 4 is 17.4 Å².